The Morgan fingerprint density at radius 1 is 1.14 bits per heavy atom. The van der Waals surface area contributed by atoms with E-state index in [1.54, 1.807) is 23.1 Å². The Labute approximate surface area is 260 Å². The minimum absolute atomic E-state index is 0.0243. The van der Waals surface area contributed by atoms with Gasteiger partial charge in [0.1, 0.15) is 0 Å². The predicted octanol–water partition coefficient (Wildman–Crippen LogP) is 3.79. The van der Waals surface area contributed by atoms with Crippen molar-refractivity contribution in [3.63, 3.8) is 0 Å². The molecule has 0 radical (unpaired) electrons. The van der Waals surface area contributed by atoms with Crippen molar-refractivity contribution in [2.45, 2.75) is 68.9 Å². The van der Waals surface area contributed by atoms with E-state index >= 15 is 0 Å². The van der Waals surface area contributed by atoms with Crippen LogP contribution < -0.4 is 4.90 Å². The highest BCUT2D eigenvalue weighted by atomic mass is 32.2. The number of nitrogens with zero attached hydrogens (tertiary/aromatic N) is 4. The third-order valence-electron chi connectivity index (χ3n) is 8.56. The Hall–Kier alpha value is -3.21. The number of hydrogen-bond acceptors (Lipinski definition) is 8. The predicted molar refractivity (Wildman–Crippen MR) is 166 cm³/mol. The molecule has 2 saturated heterocycles. The number of carboxylic acid groups (broad SMARTS) is 1. The average Bonchev–Trinajstić information content (AvgIpc) is 3.61. The summed E-state index contributed by atoms with van der Waals surface area (Å²) >= 11 is 0. The van der Waals surface area contributed by atoms with Crippen LogP contribution >= 0.6 is 0 Å². The van der Waals surface area contributed by atoms with Crippen LogP contribution in [-0.4, -0.2) is 98.8 Å². The van der Waals surface area contributed by atoms with Crippen LogP contribution in [0.2, 0.25) is 0 Å². The molecule has 2 heterocycles. The third-order valence-corrected chi connectivity index (χ3v) is 10.4. The summed E-state index contributed by atoms with van der Waals surface area (Å²) in [5.41, 5.74) is 0.906. The van der Waals surface area contributed by atoms with Gasteiger partial charge in [-0.2, -0.15) is 9.57 Å². The monoisotopic (exact) mass is 628 g/mol. The normalized spacial score (nSPS) is 21.4. The van der Waals surface area contributed by atoms with E-state index in [2.05, 4.69) is 6.07 Å². The maximum absolute atomic E-state index is 14.2. The molecule has 2 fully saturated rings. The second-order valence-electron chi connectivity index (χ2n) is 12.6. The van der Waals surface area contributed by atoms with E-state index in [0.29, 0.717) is 25.1 Å². The Kier molecular flexibility index (Phi) is 10.9. The van der Waals surface area contributed by atoms with Crippen molar-refractivity contribution in [1.29, 1.82) is 5.26 Å². The molecule has 0 aromatic heterocycles. The number of aliphatic hydroxyl groups is 1. The van der Waals surface area contributed by atoms with Gasteiger partial charge < -0.3 is 24.6 Å². The first-order valence-electron chi connectivity index (χ1n) is 14.9. The fourth-order valence-electron chi connectivity index (χ4n) is 6.13. The number of fused-ring (bicyclic) bond motifs is 1. The molecule has 2 aromatic rings. The molecular weight excluding hydrogens is 584 g/mol. The van der Waals surface area contributed by atoms with Gasteiger partial charge in [0.05, 0.1) is 42.4 Å². The molecule has 0 unspecified atom stereocenters. The van der Waals surface area contributed by atoms with Crippen LogP contribution in [0.1, 0.15) is 38.7 Å². The summed E-state index contributed by atoms with van der Waals surface area (Å²) in [6, 6.07) is 16.4. The third kappa shape index (κ3) is 7.89. The van der Waals surface area contributed by atoms with Crippen molar-refractivity contribution >= 4 is 21.8 Å². The van der Waals surface area contributed by atoms with Gasteiger partial charge in [0.25, 0.3) is 0 Å². The topological polar surface area (TPSA) is 144 Å². The minimum Gasteiger partial charge on any atom is -0.465 e. The highest BCUT2D eigenvalue weighted by Crippen LogP contribution is 2.36. The molecule has 240 valence electrons. The zero-order valence-corrected chi connectivity index (χ0v) is 26.7. The van der Waals surface area contributed by atoms with E-state index < -0.39 is 46.0 Å². The SMILES string of the molecule is CN(C)c1cccc(S(=O)(=O)N(C[C@@H](O)[C@H](Cc2ccccc2)N(C(=O)O)[C@H]2CO[C@H]3OCC[C@H]32)CC(C)(C)CCC#N)c1. The van der Waals surface area contributed by atoms with E-state index in [9.17, 15) is 28.7 Å². The summed E-state index contributed by atoms with van der Waals surface area (Å²) in [5.74, 6) is -0.185. The lowest BCUT2D eigenvalue weighted by Gasteiger charge is -2.40. The number of aliphatic hydroxyl groups excluding tert-OH is 1. The van der Waals surface area contributed by atoms with Gasteiger partial charge in [-0.1, -0.05) is 50.2 Å². The van der Waals surface area contributed by atoms with Crippen LogP contribution in [0.4, 0.5) is 10.5 Å². The fourth-order valence-corrected chi connectivity index (χ4v) is 7.82. The quantitative estimate of drug-likeness (QED) is 0.319. The first-order valence-corrected chi connectivity index (χ1v) is 16.4. The van der Waals surface area contributed by atoms with Crippen LogP contribution in [0.15, 0.2) is 59.5 Å². The smallest absolute Gasteiger partial charge is 0.407 e. The lowest BCUT2D eigenvalue weighted by atomic mass is 9.87. The summed E-state index contributed by atoms with van der Waals surface area (Å²) in [6.07, 6.45) is -1.61. The van der Waals surface area contributed by atoms with Gasteiger partial charge in [0.2, 0.25) is 10.0 Å². The second-order valence-corrected chi connectivity index (χ2v) is 14.6. The average molecular weight is 629 g/mol. The van der Waals surface area contributed by atoms with E-state index in [1.165, 1.54) is 15.3 Å². The van der Waals surface area contributed by atoms with Crippen LogP contribution in [-0.2, 0) is 25.9 Å². The van der Waals surface area contributed by atoms with Gasteiger partial charge in [0.15, 0.2) is 6.29 Å². The zero-order chi connectivity index (χ0) is 32.1. The number of nitriles is 1. The Balaban J connectivity index is 1.73. The molecule has 5 atom stereocenters. The van der Waals surface area contributed by atoms with Gasteiger partial charge in [-0.05, 0) is 48.4 Å². The lowest BCUT2D eigenvalue weighted by Crippen LogP contribution is -2.58. The van der Waals surface area contributed by atoms with Gasteiger partial charge in [-0.25, -0.2) is 13.2 Å². The maximum atomic E-state index is 14.2. The number of anilines is 1. The molecule has 4 rings (SSSR count). The number of rotatable bonds is 14. The van der Waals surface area contributed by atoms with Crippen LogP contribution in [0, 0.1) is 22.7 Å². The van der Waals surface area contributed by atoms with Crippen molar-refractivity contribution in [3.05, 3.63) is 60.2 Å². The molecule has 2 aliphatic rings. The van der Waals surface area contributed by atoms with Crippen molar-refractivity contribution in [3.8, 4) is 6.07 Å². The van der Waals surface area contributed by atoms with E-state index in [4.69, 9.17) is 9.47 Å². The highest BCUT2D eigenvalue weighted by Gasteiger charge is 2.49. The fraction of sp³-hybridized carbons (Fsp3) is 0.562. The van der Waals surface area contributed by atoms with E-state index in [-0.39, 0.29) is 43.4 Å². The number of ether oxygens (including phenoxy) is 2. The summed E-state index contributed by atoms with van der Waals surface area (Å²) in [7, 11) is -0.505. The summed E-state index contributed by atoms with van der Waals surface area (Å²) in [6.45, 7) is 4.04. The van der Waals surface area contributed by atoms with E-state index in [0.717, 1.165) is 5.56 Å². The van der Waals surface area contributed by atoms with Gasteiger partial charge in [-0.15, -0.1) is 0 Å². The number of amides is 1. The molecule has 0 aliphatic carbocycles. The molecule has 12 heteroatoms. The number of carbonyl (C=O) groups is 1. The Morgan fingerprint density at radius 3 is 2.52 bits per heavy atom. The Morgan fingerprint density at radius 2 is 1.86 bits per heavy atom. The molecule has 0 bridgehead atoms. The molecule has 44 heavy (non-hydrogen) atoms. The summed E-state index contributed by atoms with van der Waals surface area (Å²) < 4.78 is 41.2. The van der Waals surface area contributed by atoms with Crippen molar-refractivity contribution in [2.24, 2.45) is 11.3 Å². The minimum atomic E-state index is -4.14. The van der Waals surface area contributed by atoms with Crippen LogP contribution in [0.5, 0.6) is 0 Å². The number of benzene rings is 2. The molecule has 1 amide bonds. The molecule has 2 aliphatic heterocycles. The van der Waals surface area contributed by atoms with Crippen LogP contribution in [0.3, 0.4) is 0 Å². The van der Waals surface area contributed by atoms with Crippen molar-refractivity contribution in [1.82, 2.24) is 9.21 Å². The van der Waals surface area contributed by atoms with Crippen LogP contribution in [0.25, 0.3) is 0 Å². The molecular formula is C32H44N4O7S. The maximum Gasteiger partial charge on any atom is 0.407 e. The Bertz CT molecular complexity index is 1410. The molecule has 0 spiro atoms. The molecule has 0 saturated carbocycles. The summed E-state index contributed by atoms with van der Waals surface area (Å²) in [4.78, 5) is 16.0. The highest BCUT2D eigenvalue weighted by molar-refractivity contribution is 7.89. The van der Waals surface area contributed by atoms with Crippen molar-refractivity contribution in [2.75, 3.05) is 45.3 Å². The lowest BCUT2D eigenvalue weighted by molar-refractivity contribution is -0.0906. The molecule has 2 aromatic carbocycles. The van der Waals surface area contributed by atoms with Gasteiger partial charge in [-0.3, -0.25) is 4.90 Å². The standard InChI is InChI=1S/C32H44N4O7S/c1-32(2,15-9-16-33)22-35(44(40,41)25-13-8-12-24(19-25)34(3)4)20-29(37)27(18-23-10-6-5-7-11-23)36(31(38)39)28-21-43-30-26(28)14-17-42-30/h5-8,10-13,19,26-30,37H,9,14-15,17-18,20-22H2,1-4H3,(H,38,39)/t26-,27-,28-,29+,30+/m0/s1. The first-order chi connectivity index (χ1) is 20.8. The first kappa shape index (κ1) is 33.7. The summed E-state index contributed by atoms with van der Waals surface area (Å²) in [5, 5.41) is 31.7. The van der Waals surface area contributed by atoms with Crippen molar-refractivity contribution < 1.29 is 32.9 Å². The molecule has 11 nitrogen and oxygen atoms in total. The molecule has 2 N–H and O–H groups in total. The largest absolute Gasteiger partial charge is 0.465 e. The zero-order valence-electron chi connectivity index (χ0n) is 25.9. The van der Waals surface area contributed by atoms with Gasteiger partial charge in [0, 0.05) is 45.2 Å². The second kappa shape index (κ2) is 14.3. The number of hydrogen-bond donors (Lipinski definition) is 2. The number of sulfonamides is 1. The van der Waals surface area contributed by atoms with Gasteiger partial charge >= 0.3 is 6.09 Å². The van der Waals surface area contributed by atoms with E-state index in [1.807, 2.05) is 58.3 Å².